The van der Waals surface area contributed by atoms with Crippen LogP contribution in [-0.2, 0) is 17.6 Å². The van der Waals surface area contributed by atoms with Crippen LogP contribution in [0.2, 0.25) is 0 Å². The molecule has 0 bridgehead atoms. The van der Waals surface area contributed by atoms with Gasteiger partial charge < -0.3 is 15.0 Å². The van der Waals surface area contributed by atoms with E-state index in [1.165, 1.54) is 0 Å². The molecule has 2 amide bonds. The van der Waals surface area contributed by atoms with Crippen LogP contribution in [0.25, 0.3) is 0 Å². The van der Waals surface area contributed by atoms with Crippen LogP contribution in [0.15, 0.2) is 40.9 Å². The van der Waals surface area contributed by atoms with Crippen molar-refractivity contribution in [1.82, 2.24) is 4.90 Å². The number of methoxy groups -OCH3 is 1. The molecule has 0 saturated carbocycles. The minimum atomic E-state index is -0.0806. The zero-order chi connectivity index (χ0) is 21.7. The summed E-state index contributed by atoms with van der Waals surface area (Å²) in [6.07, 6.45) is 3.06. The number of nitrogens with zero attached hydrogens (tertiary/aromatic N) is 1. The molecule has 0 radical (unpaired) electrons. The van der Waals surface area contributed by atoms with Crippen molar-refractivity contribution < 1.29 is 14.3 Å². The first-order chi connectivity index (χ1) is 14.5. The molecule has 1 aliphatic rings. The molecule has 1 aliphatic heterocycles. The fraction of sp³-hybridized carbons (Fsp3) is 0.417. The van der Waals surface area contributed by atoms with Crippen molar-refractivity contribution in [3.8, 4) is 5.75 Å². The second-order valence-electron chi connectivity index (χ2n) is 7.59. The number of anilines is 1. The molecule has 2 aromatic carbocycles. The largest absolute Gasteiger partial charge is 0.497 e. The Balaban J connectivity index is 1.62. The summed E-state index contributed by atoms with van der Waals surface area (Å²) in [5.41, 5.74) is 3.88. The predicted molar refractivity (Wildman–Crippen MR) is 123 cm³/mol. The molecule has 6 heteroatoms. The summed E-state index contributed by atoms with van der Waals surface area (Å²) in [7, 11) is 1.61. The number of likely N-dealkylation sites (tertiary alicyclic amines) is 1. The van der Waals surface area contributed by atoms with E-state index >= 15 is 0 Å². The summed E-state index contributed by atoms with van der Waals surface area (Å²) in [6, 6.07) is 11.3. The van der Waals surface area contributed by atoms with Crippen molar-refractivity contribution in [3.63, 3.8) is 0 Å². The Hall–Kier alpha value is -2.34. The molecule has 0 spiro atoms. The molecule has 2 aromatic rings. The van der Waals surface area contributed by atoms with Crippen molar-refractivity contribution in [2.75, 3.05) is 25.5 Å². The average molecular weight is 473 g/mol. The van der Waals surface area contributed by atoms with E-state index in [4.69, 9.17) is 4.74 Å². The Morgan fingerprint density at radius 1 is 1.07 bits per heavy atom. The van der Waals surface area contributed by atoms with Crippen LogP contribution in [-0.4, -0.2) is 36.9 Å². The SMILES string of the molecule is CCc1cc(Br)cc(CC)c1NC(=O)C1CCN(C(=O)c2ccc(OC)cc2)CC1. The van der Waals surface area contributed by atoms with E-state index in [0.717, 1.165) is 39.9 Å². The lowest BCUT2D eigenvalue weighted by molar-refractivity contribution is -0.121. The molecule has 30 heavy (non-hydrogen) atoms. The fourth-order valence-corrected chi connectivity index (χ4v) is 4.48. The molecule has 1 saturated heterocycles. The topological polar surface area (TPSA) is 58.6 Å². The second-order valence-corrected chi connectivity index (χ2v) is 8.51. The molecule has 5 nitrogen and oxygen atoms in total. The first-order valence-electron chi connectivity index (χ1n) is 10.5. The van der Waals surface area contributed by atoms with Gasteiger partial charge in [0.25, 0.3) is 5.91 Å². The lowest BCUT2D eigenvalue weighted by Crippen LogP contribution is -2.41. The Morgan fingerprint density at radius 3 is 2.13 bits per heavy atom. The van der Waals surface area contributed by atoms with Crippen LogP contribution in [0.3, 0.4) is 0 Å². The van der Waals surface area contributed by atoms with E-state index < -0.39 is 0 Å². The average Bonchev–Trinajstić information content (AvgIpc) is 2.79. The number of nitrogens with one attached hydrogen (secondary N) is 1. The number of ether oxygens (including phenoxy) is 1. The highest BCUT2D eigenvalue weighted by atomic mass is 79.9. The summed E-state index contributed by atoms with van der Waals surface area (Å²) in [6.45, 7) is 5.37. The number of aryl methyl sites for hydroxylation is 2. The van der Waals surface area contributed by atoms with Gasteiger partial charge in [-0.3, -0.25) is 9.59 Å². The predicted octanol–water partition coefficient (Wildman–Crippen LogP) is 5.07. The first-order valence-corrected chi connectivity index (χ1v) is 11.3. The first kappa shape index (κ1) is 22.3. The zero-order valence-electron chi connectivity index (χ0n) is 17.8. The number of benzene rings is 2. The van der Waals surface area contributed by atoms with E-state index in [9.17, 15) is 9.59 Å². The second kappa shape index (κ2) is 10.1. The maximum Gasteiger partial charge on any atom is 0.253 e. The summed E-state index contributed by atoms with van der Waals surface area (Å²) in [4.78, 5) is 27.5. The van der Waals surface area contributed by atoms with E-state index in [1.807, 2.05) is 4.90 Å². The molecule has 0 unspecified atom stereocenters. The van der Waals surface area contributed by atoms with Gasteiger partial charge in [0, 0.05) is 34.7 Å². The van der Waals surface area contributed by atoms with Gasteiger partial charge in [-0.15, -0.1) is 0 Å². The lowest BCUT2D eigenvalue weighted by Gasteiger charge is -2.31. The molecular weight excluding hydrogens is 444 g/mol. The fourth-order valence-electron chi connectivity index (χ4n) is 3.93. The van der Waals surface area contributed by atoms with Gasteiger partial charge >= 0.3 is 0 Å². The smallest absolute Gasteiger partial charge is 0.253 e. The van der Waals surface area contributed by atoms with Crippen molar-refractivity contribution in [2.24, 2.45) is 5.92 Å². The minimum Gasteiger partial charge on any atom is -0.497 e. The van der Waals surface area contributed by atoms with Gasteiger partial charge in [0.1, 0.15) is 5.75 Å². The maximum atomic E-state index is 13.0. The van der Waals surface area contributed by atoms with Gasteiger partial charge in [0.15, 0.2) is 0 Å². The van der Waals surface area contributed by atoms with Crippen LogP contribution < -0.4 is 10.1 Å². The van der Waals surface area contributed by atoms with Crippen molar-refractivity contribution in [3.05, 3.63) is 57.6 Å². The molecule has 3 rings (SSSR count). The Labute approximate surface area is 186 Å². The van der Waals surface area contributed by atoms with Gasteiger partial charge in [-0.05, 0) is 73.2 Å². The van der Waals surface area contributed by atoms with E-state index in [2.05, 4.69) is 47.2 Å². The molecule has 0 atom stereocenters. The standard InChI is InChI=1S/C24H29BrN2O3/c1-4-16-14-20(25)15-17(5-2)22(16)26-23(28)18-10-12-27(13-11-18)24(29)19-6-8-21(30-3)9-7-19/h6-9,14-15,18H,4-5,10-13H2,1-3H3,(H,26,28). The molecule has 1 heterocycles. The zero-order valence-corrected chi connectivity index (χ0v) is 19.4. The number of amides is 2. The van der Waals surface area contributed by atoms with Gasteiger partial charge in [-0.2, -0.15) is 0 Å². The van der Waals surface area contributed by atoms with E-state index in [-0.39, 0.29) is 17.7 Å². The summed E-state index contributed by atoms with van der Waals surface area (Å²) in [5, 5.41) is 3.19. The summed E-state index contributed by atoms with van der Waals surface area (Å²) >= 11 is 3.56. The van der Waals surface area contributed by atoms with Crippen molar-refractivity contribution >= 4 is 33.4 Å². The third kappa shape index (κ3) is 5.04. The van der Waals surface area contributed by atoms with Crippen LogP contribution in [0.1, 0.15) is 48.2 Å². The number of carbonyl (C=O) groups excluding carboxylic acids is 2. The van der Waals surface area contributed by atoms with Crippen LogP contribution in [0.4, 0.5) is 5.69 Å². The van der Waals surface area contributed by atoms with Crippen molar-refractivity contribution in [1.29, 1.82) is 0 Å². The van der Waals surface area contributed by atoms with Gasteiger partial charge in [0.2, 0.25) is 5.91 Å². The Morgan fingerprint density at radius 2 is 1.63 bits per heavy atom. The van der Waals surface area contributed by atoms with Crippen LogP contribution in [0, 0.1) is 5.92 Å². The normalized spacial score (nSPS) is 14.5. The molecule has 0 aromatic heterocycles. The van der Waals surface area contributed by atoms with E-state index in [1.54, 1.807) is 31.4 Å². The third-order valence-corrected chi connectivity index (χ3v) is 6.22. The lowest BCUT2D eigenvalue weighted by atomic mass is 9.94. The summed E-state index contributed by atoms with van der Waals surface area (Å²) < 4.78 is 6.19. The number of halogens is 1. The monoisotopic (exact) mass is 472 g/mol. The van der Waals surface area contributed by atoms with Crippen LogP contribution >= 0.6 is 15.9 Å². The molecule has 0 aliphatic carbocycles. The molecule has 1 N–H and O–H groups in total. The van der Waals surface area contributed by atoms with Crippen LogP contribution in [0.5, 0.6) is 5.75 Å². The highest BCUT2D eigenvalue weighted by molar-refractivity contribution is 9.10. The van der Waals surface area contributed by atoms with Gasteiger partial charge in [-0.25, -0.2) is 0 Å². The van der Waals surface area contributed by atoms with Gasteiger partial charge in [-0.1, -0.05) is 29.8 Å². The Bertz CT molecular complexity index is 878. The highest BCUT2D eigenvalue weighted by Gasteiger charge is 2.28. The number of rotatable bonds is 6. The Kier molecular flexibility index (Phi) is 7.53. The molecule has 1 fully saturated rings. The van der Waals surface area contributed by atoms with E-state index in [0.29, 0.717) is 31.5 Å². The quantitative estimate of drug-likeness (QED) is 0.637. The van der Waals surface area contributed by atoms with Crippen molar-refractivity contribution in [2.45, 2.75) is 39.5 Å². The molecule has 160 valence electrons. The minimum absolute atomic E-state index is 0.00552. The number of piperidine rings is 1. The molecular formula is C24H29BrN2O3. The highest BCUT2D eigenvalue weighted by Crippen LogP contribution is 2.29. The summed E-state index contributed by atoms with van der Waals surface area (Å²) in [5.74, 6) is 0.708. The number of carbonyl (C=O) groups is 2. The van der Waals surface area contributed by atoms with Gasteiger partial charge in [0.05, 0.1) is 7.11 Å². The third-order valence-electron chi connectivity index (χ3n) is 5.77. The number of hydrogen-bond donors (Lipinski definition) is 1. The maximum absolute atomic E-state index is 13.0. The number of hydrogen-bond acceptors (Lipinski definition) is 3.